The zero-order chi connectivity index (χ0) is 10.1. The molecule has 0 amide bonds. The zero-order valence-electron chi connectivity index (χ0n) is 8.10. The molecule has 4 nitrogen and oxygen atoms in total. The smallest absolute Gasteiger partial charge is 0.229 e. The molecule has 0 fully saturated rings. The monoisotopic (exact) mass is 189 g/mol. The molecule has 0 aliphatic rings. The minimum atomic E-state index is 0.0193. The van der Waals surface area contributed by atoms with Gasteiger partial charge < -0.3 is 9.67 Å². The Labute approximate surface area is 81.9 Å². The Kier molecular flexibility index (Phi) is 1.96. The van der Waals surface area contributed by atoms with E-state index in [1.807, 2.05) is 32.2 Å². The summed E-state index contributed by atoms with van der Waals surface area (Å²) in [4.78, 5) is 8.30. The highest BCUT2D eigenvalue weighted by molar-refractivity contribution is 5.51. The van der Waals surface area contributed by atoms with Gasteiger partial charge in [0.2, 0.25) is 5.88 Å². The first-order valence-corrected chi connectivity index (χ1v) is 4.33. The SMILES string of the molecule is Cc1cccc(-c2nc(O)cn2C)n1. The van der Waals surface area contributed by atoms with Gasteiger partial charge in [-0.25, -0.2) is 4.98 Å². The Morgan fingerprint density at radius 1 is 1.29 bits per heavy atom. The summed E-state index contributed by atoms with van der Waals surface area (Å²) >= 11 is 0. The molecule has 2 aromatic rings. The first-order valence-electron chi connectivity index (χ1n) is 4.33. The van der Waals surface area contributed by atoms with Gasteiger partial charge in [-0.3, -0.25) is 0 Å². The molecule has 0 radical (unpaired) electrons. The second-order valence-electron chi connectivity index (χ2n) is 3.20. The predicted molar refractivity (Wildman–Crippen MR) is 52.8 cm³/mol. The standard InChI is InChI=1S/C10H11N3O/c1-7-4-3-5-8(11-7)10-12-9(14)6-13(10)2/h3-6,14H,1-2H3. The Balaban J connectivity index is 2.54. The molecule has 0 unspecified atom stereocenters. The van der Waals surface area contributed by atoms with Crippen LogP contribution in [0.1, 0.15) is 5.69 Å². The second-order valence-corrected chi connectivity index (χ2v) is 3.20. The number of aromatic hydroxyl groups is 1. The molecular formula is C10H11N3O. The van der Waals surface area contributed by atoms with E-state index in [0.717, 1.165) is 11.4 Å². The van der Waals surface area contributed by atoms with Gasteiger partial charge in [0.1, 0.15) is 5.69 Å². The van der Waals surface area contributed by atoms with E-state index in [1.165, 1.54) is 0 Å². The molecule has 0 aromatic carbocycles. The Morgan fingerprint density at radius 2 is 2.07 bits per heavy atom. The third-order valence-electron chi connectivity index (χ3n) is 1.98. The van der Waals surface area contributed by atoms with Crippen LogP contribution in [0.5, 0.6) is 5.88 Å². The first-order chi connectivity index (χ1) is 6.66. The van der Waals surface area contributed by atoms with Crippen molar-refractivity contribution in [3.63, 3.8) is 0 Å². The molecule has 0 spiro atoms. The highest BCUT2D eigenvalue weighted by Crippen LogP contribution is 2.18. The van der Waals surface area contributed by atoms with Crippen molar-refractivity contribution in [1.29, 1.82) is 0 Å². The van der Waals surface area contributed by atoms with Crippen LogP contribution in [-0.2, 0) is 7.05 Å². The van der Waals surface area contributed by atoms with Gasteiger partial charge in [0.15, 0.2) is 5.82 Å². The number of nitrogens with zero attached hydrogens (tertiary/aromatic N) is 3. The fourth-order valence-corrected chi connectivity index (χ4v) is 1.36. The second kappa shape index (κ2) is 3.14. The number of hydrogen-bond donors (Lipinski definition) is 1. The van der Waals surface area contributed by atoms with Crippen molar-refractivity contribution >= 4 is 0 Å². The summed E-state index contributed by atoms with van der Waals surface area (Å²) in [6, 6.07) is 5.71. The van der Waals surface area contributed by atoms with E-state index < -0.39 is 0 Å². The molecule has 4 heteroatoms. The largest absolute Gasteiger partial charge is 0.492 e. The van der Waals surface area contributed by atoms with Crippen LogP contribution in [0.25, 0.3) is 11.5 Å². The lowest BCUT2D eigenvalue weighted by molar-refractivity contribution is 0.456. The minimum absolute atomic E-state index is 0.0193. The molecule has 1 N–H and O–H groups in total. The molecule has 2 aromatic heterocycles. The van der Waals surface area contributed by atoms with Crippen LogP contribution in [0.4, 0.5) is 0 Å². The van der Waals surface area contributed by atoms with Crippen LogP contribution in [0.2, 0.25) is 0 Å². The molecule has 0 bridgehead atoms. The summed E-state index contributed by atoms with van der Waals surface area (Å²) in [5, 5.41) is 9.20. The summed E-state index contributed by atoms with van der Waals surface area (Å²) in [5.74, 6) is 0.692. The van der Waals surface area contributed by atoms with Crippen molar-refractivity contribution in [3.8, 4) is 17.4 Å². The summed E-state index contributed by atoms with van der Waals surface area (Å²) in [6.07, 6.45) is 1.55. The van der Waals surface area contributed by atoms with Crippen LogP contribution < -0.4 is 0 Å². The van der Waals surface area contributed by atoms with E-state index in [1.54, 1.807) is 10.8 Å². The quantitative estimate of drug-likeness (QED) is 0.739. The van der Waals surface area contributed by atoms with Crippen LogP contribution in [0.15, 0.2) is 24.4 Å². The maximum Gasteiger partial charge on any atom is 0.229 e. The van der Waals surface area contributed by atoms with E-state index >= 15 is 0 Å². The highest BCUT2D eigenvalue weighted by Gasteiger charge is 2.07. The van der Waals surface area contributed by atoms with Gasteiger partial charge in [-0.05, 0) is 19.1 Å². The average Bonchev–Trinajstić information content (AvgIpc) is 2.45. The van der Waals surface area contributed by atoms with Crippen molar-refractivity contribution in [2.75, 3.05) is 0 Å². The molecule has 0 saturated heterocycles. The lowest BCUT2D eigenvalue weighted by atomic mass is 10.3. The zero-order valence-corrected chi connectivity index (χ0v) is 8.10. The number of aromatic nitrogens is 3. The molecule has 14 heavy (non-hydrogen) atoms. The molecule has 2 rings (SSSR count). The highest BCUT2D eigenvalue weighted by atomic mass is 16.3. The van der Waals surface area contributed by atoms with E-state index in [2.05, 4.69) is 9.97 Å². The van der Waals surface area contributed by atoms with Crippen molar-refractivity contribution in [1.82, 2.24) is 14.5 Å². The molecular weight excluding hydrogens is 178 g/mol. The fourth-order valence-electron chi connectivity index (χ4n) is 1.36. The molecule has 0 aliphatic carbocycles. The summed E-state index contributed by atoms with van der Waals surface area (Å²) in [7, 11) is 1.83. The van der Waals surface area contributed by atoms with E-state index in [0.29, 0.717) is 5.82 Å². The van der Waals surface area contributed by atoms with Crippen LogP contribution in [0, 0.1) is 6.92 Å². The summed E-state index contributed by atoms with van der Waals surface area (Å²) in [5.41, 5.74) is 1.71. The predicted octanol–water partition coefficient (Wildman–Crippen LogP) is 1.50. The Bertz CT molecular complexity index is 462. The molecule has 0 saturated carbocycles. The van der Waals surface area contributed by atoms with Crippen LogP contribution in [0.3, 0.4) is 0 Å². The van der Waals surface area contributed by atoms with Gasteiger partial charge in [0.05, 0.1) is 6.20 Å². The Morgan fingerprint density at radius 3 is 2.64 bits per heavy atom. The van der Waals surface area contributed by atoms with Gasteiger partial charge in [-0.15, -0.1) is 0 Å². The number of hydrogen-bond acceptors (Lipinski definition) is 3. The maximum absolute atomic E-state index is 9.20. The van der Waals surface area contributed by atoms with Crippen molar-refractivity contribution < 1.29 is 5.11 Å². The van der Waals surface area contributed by atoms with E-state index in [-0.39, 0.29) is 5.88 Å². The summed E-state index contributed by atoms with van der Waals surface area (Å²) in [6.45, 7) is 1.92. The van der Waals surface area contributed by atoms with Crippen molar-refractivity contribution in [2.45, 2.75) is 6.92 Å². The van der Waals surface area contributed by atoms with Gasteiger partial charge in [-0.1, -0.05) is 6.07 Å². The maximum atomic E-state index is 9.20. The molecule has 0 atom stereocenters. The molecule has 2 heterocycles. The van der Waals surface area contributed by atoms with Gasteiger partial charge in [0, 0.05) is 12.7 Å². The summed E-state index contributed by atoms with van der Waals surface area (Å²) < 4.78 is 1.75. The number of aryl methyl sites for hydroxylation is 2. The number of rotatable bonds is 1. The molecule has 0 aliphatic heterocycles. The average molecular weight is 189 g/mol. The van der Waals surface area contributed by atoms with Gasteiger partial charge in [0.25, 0.3) is 0 Å². The normalized spacial score (nSPS) is 10.4. The van der Waals surface area contributed by atoms with E-state index in [4.69, 9.17) is 0 Å². The topological polar surface area (TPSA) is 50.9 Å². The molecule has 72 valence electrons. The number of pyridine rings is 1. The van der Waals surface area contributed by atoms with Crippen molar-refractivity contribution in [2.24, 2.45) is 7.05 Å². The first kappa shape index (κ1) is 8.74. The van der Waals surface area contributed by atoms with Crippen LogP contribution >= 0.6 is 0 Å². The van der Waals surface area contributed by atoms with Crippen LogP contribution in [-0.4, -0.2) is 19.6 Å². The Hall–Kier alpha value is -1.84. The van der Waals surface area contributed by atoms with Crippen molar-refractivity contribution in [3.05, 3.63) is 30.1 Å². The lowest BCUT2D eigenvalue weighted by Gasteiger charge is -2.00. The van der Waals surface area contributed by atoms with E-state index in [9.17, 15) is 5.11 Å². The minimum Gasteiger partial charge on any atom is -0.492 e. The fraction of sp³-hybridized carbons (Fsp3) is 0.200. The third kappa shape index (κ3) is 1.46. The van der Waals surface area contributed by atoms with Gasteiger partial charge in [-0.2, -0.15) is 4.98 Å². The lowest BCUT2D eigenvalue weighted by Crippen LogP contribution is -1.94. The number of imidazole rings is 1. The third-order valence-corrected chi connectivity index (χ3v) is 1.98. The van der Waals surface area contributed by atoms with Gasteiger partial charge >= 0.3 is 0 Å².